The van der Waals surface area contributed by atoms with E-state index in [-0.39, 0.29) is 5.88 Å². The summed E-state index contributed by atoms with van der Waals surface area (Å²) in [4.78, 5) is 3.60. The second kappa shape index (κ2) is 5.28. The topological polar surface area (TPSA) is 57.4 Å². The lowest BCUT2D eigenvalue weighted by Gasteiger charge is -2.09. The number of nitrogen functional groups attached to an aromatic ring is 1. The Labute approximate surface area is 113 Å². The first-order chi connectivity index (χ1) is 9.40. The van der Waals surface area contributed by atoms with Gasteiger partial charge in [0.1, 0.15) is 11.5 Å². The summed E-state index contributed by atoms with van der Waals surface area (Å²) in [5.41, 5.74) is 5.22. The summed E-state index contributed by atoms with van der Waals surface area (Å²) in [6.07, 6.45) is -3.71. The van der Waals surface area contributed by atoms with Gasteiger partial charge in [-0.05, 0) is 18.2 Å². The van der Waals surface area contributed by atoms with Gasteiger partial charge in [-0.3, -0.25) is 0 Å². The first-order valence-corrected chi connectivity index (χ1v) is 5.55. The number of hydrogen-bond donors (Lipinski definition) is 1. The van der Waals surface area contributed by atoms with Gasteiger partial charge in [-0.1, -0.05) is 0 Å². The van der Waals surface area contributed by atoms with Crippen molar-refractivity contribution < 1.29 is 22.6 Å². The average Bonchev–Trinajstić information content (AvgIpc) is 2.38. The van der Waals surface area contributed by atoms with E-state index in [1.807, 2.05) is 0 Å². The highest BCUT2D eigenvalue weighted by Crippen LogP contribution is 2.31. The number of halogens is 3. The van der Waals surface area contributed by atoms with Gasteiger partial charge in [0.25, 0.3) is 0 Å². The number of ether oxygens (including phenoxy) is 2. The van der Waals surface area contributed by atoms with Crippen LogP contribution in [0.4, 0.5) is 18.9 Å². The minimum atomic E-state index is -4.42. The summed E-state index contributed by atoms with van der Waals surface area (Å²) in [6, 6.07) is 6.71. The molecule has 106 valence electrons. The SMILES string of the molecule is COc1ccc(Oc2ccc(C(F)(F)F)cn2)cc1N. The Kier molecular flexibility index (Phi) is 3.69. The Bertz CT molecular complexity index is 598. The van der Waals surface area contributed by atoms with Crippen LogP contribution in [0.15, 0.2) is 36.5 Å². The molecular formula is C13H11F3N2O2. The molecule has 0 aliphatic carbocycles. The van der Waals surface area contributed by atoms with Crippen LogP contribution in [0.2, 0.25) is 0 Å². The first kappa shape index (κ1) is 14.0. The van der Waals surface area contributed by atoms with E-state index in [0.717, 1.165) is 12.1 Å². The maximum atomic E-state index is 12.4. The van der Waals surface area contributed by atoms with Gasteiger partial charge in [0.2, 0.25) is 5.88 Å². The molecule has 4 nitrogen and oxygen atoms in total. The number of rotatable bonds is 3. The second-order valence-corrected chi connectivity index (χ2v) is 3.89. The fourth-order valence-corrected chi connectivity index (χ4v) is 1.51. The second-order valence-electron chi connectivity index (χ2n) is 3.89. The summed E-state index contributed by atoms with van der Waals surface area (Å²) in [7, 11) is 1.48. The van der Waals surface area contributed by atoms with E-state index in [0.29, 0.717) is 23.4 Å². The van der Waals surface area contributed by atoms with Gasteiger partial charge in [-0.2, -0.15) is 13.2 Å². The minimum absolute atomic E-state index is 0.0440. The van der Waals surface area contributed by atoms with E-state index in [1.165, 1.54) is 13.2 Å². The Morgan fingerprint density at radius 2 is 1.90 bits per heavy atom. The van der Waals surface area contributed by atoms with Crippen LogP contribution in [-0.2, 0) is 6.18 Å². The molecule has 2 rings (SSSR count). The van der Waals surface area contributed by atoms with Crippen LogP contribution in [0.1, 0.15) is 5.56 Å². The van der Waals surface area contributed by atoms with Gasteiger partial charge in [-0.15, -0.1) is 0 Å². The third kappa shape index (κ3) is 3.11. The fourth-order valence-electron chi connectivity index (χ4n) is 1.51. The van der Waals surface area contributed by atoms with E-state index in [4.69, 9.17) is 15.2 Å². The molecule has 0 radical (unpaired) electrons. The van der Waals surface area contributed by atoms with Crippen molar-refractivity contribution in [2.75, 3.05) is 12.8 Å². The van der Waals surface area contributed by atoms with Crippen molar-refractivity contribution in [1.29, 1.82) is 0 Å². The third-order valence-corrected chi connectivity index (χ3v) is 2.49. The average molecular weight is 284 g/mol. The molecule has 0 unspecified atom stereocenters. The van der Waals surface area contributed by atoms with Crippen LogP contribution >= 0.6 is 0 Å². The molecule has 1 heterocycles. The summed E-state index contributed by atoms with van der Waals surface area (Å²) in [5.74, 6) is 0.885. The molecular weight excluding hydrogens is 273 g/mol. The molecule has 0 bridgehead atoms. The van der Waals surface area contributed by atoms with Crippen molar-refractivity contribution in [2.24, 2.45) is 0 Å². The fraction of sp³-hybridized carbons (Fsp3) is 0.154. The van der Waals surface area contributed by atoms with Crippen LogP contribution in [0.3, 0.4) is 0 Å². The van der Waals surface area contributed by atoms with Crippen molar-refractivity contribution in [1.82, 2.24) is 4.98 Å². The van der Waals surface area contributed by atoms with Crippen molar-refractivity contribution in [3.63, 3.8) is 0 Å². The molecule has 0 saturated heterocycles. The van der Waals surface area contributed by atoms with Gasteiger partial charge in [-0.25, -0.2) is 4.98 Å². The molecule has 20 heavy (non-hydrogen) atoms. The zero-order chi connectivity index (χ0) is 14.8. The first-order valence-electron chi connectivity index (χ1n) is 5.55. The smallest absolute Gasteiger partial charge is 0.417 e. The lowest BCUT2D eigenvalue weighted by atomic mass is 10.2. The summed E-state index contributed by atoms with van der Waals surface area (Å²) in [5, 5.41) is 0. The Balaban J connectivity index is 2.16. The van der Waals surface area contributed by atoms with Gasteiger partial charge < -0.3 is 15.2 Å². The number of nitrogens with two attached hydrogens (primary N) is 1. The molecule has 0 aliphatic heterocycles. The van der Waals surface area contributed by atoms with E-state index >= 15 is 0 Å². The number of benzene rings is 1. The zero-order valence-corrected chi connectivity index (χ0v) is 10.4. The largest absolute Gasteiger partial charge is 0.495 e. The molecule has 0 fully saturated rings. The molecule has 0 aliphatic rings. The molecule has 0 saturated carbocycles. The van der Waals surface area contributed by atoms with Gasteiger partial charge in [0, 0.05) is 18.3 Å². The Morgan fingerprint density at radius 3 is 2.40 bits per heavy atom. The minimum Gasteiger partial charge on any atom is -0.495 e. The van der Waals surface area contributed by atoms with Crippen molar-refractivity contribution in [2.45, 2.75) is 6.18 Å². The molecule has 0 amide bonds. The molecule has 1 aromatic heterocycles. The van der Waals surface area contributed by atoms with Crippen molar-refractivity contribution >= 4 is 5.69 Å². The normalized spacial score (nSPS) is 11.2. The van der Waals surface area contributed by atoms with E-state index < -0.39 is 11.7 Å². The quantitative estimate of drug-likeness (QED) is 0.877. The van der Waals surface area contributed by atoms with Crippen molar-refractivity contribution in [3.8, 4) is 17.4 Å². The summed E-state index contributed by atoms with van der Waals surface area (Å²) >= 11 is 0. The lowest BCUT2D eigenvalue weighted by Crippen LogP contribution is -2.05. The lowest BCUT2D eigenvalue weighted by molar-refractivity contribution is -0.137. The predicted octanol–water partition coefficient (Wildman–Crippen LogP) is 3.48. The third-order valence-electron chi connectivity index (χ3n) is 2.49. The highest BCUT2D eigenvalue weighted by atomic mass is 19.4. The van der Waals surface area contributed by atoms with Crippen LogP contribution in [0.25, 0.3) is 0 Å². The standard InChI is InChI=1S/C13H11F3N2O2/c1-19-11-4-3-9(6-10(11)17)20-12-5-2-8(7-18-12)13(14,15)16/h2-7H,17H2,1H3. The van der Waals surface area contributed by atoms with E-state index in [2.05, 4.69) is 4.98 Å². The van der Waals surface area contributed by atoms with Crippen LogP contribution < -0.4 is 15.2 Å². The van der Waals surface area contributed by atoms with Crippen LogP contribution in [0.5, 0.6) is 17.4 Å². The predicted molar refractivity (Wildman–Crippen MR) is 66.7 cm³/mol. The molecule has 1 aromatic carbocycles. The van der Waals surface area contributed by atoms with E-state index in [9.17, 15) is 13.2 Å². The van der Waals surface area contributed by atoms with Gasteiger partial charge in [0.05, 0.1) is 18.4 Å². The molecule has 0 spiro atoms. The van der Waals surface area contributed by atoms with Crippen LogP contribution in [0, 0.1) is 0 Å². The van der Waals surface area contributed by atoms with Gasteiger partial charge >= 0.3 is 6.18 Å². The maximum absolute atomic E-state index is 12.4. The number of anilines is 1. The summed E-state index contributed by atoms with van der Waals surface area (Å²) < 4.78 is 47.4. The zero-order valence-electron chi connectivity index (χ0n) is 10.4. The van der Waals surface area contributed by atoms with E-state index in [1.54, 1.807) is 12.1 Å². The number of nitrogens with zero attached hydrogens (tertiary/aromatic N) is 1. The Hall–Kier alpha value is -2.44. The van der Waals surface area contributed by atoms with Crippen molar-refractivity contribution in [3.05, 3.63) is 42.1 Å². The molecule has 2 aromatic rings. The van der Waals surface area contributed by atoms with Gasteiger partial charge in [0.15, 0.2) is 0 Å². The monoisotopic (exact) mass is 284 g/mol. The number of alkyl halides is 3. The number of pyridine rings is 1. The molecule has 7 heteroatoms. The maximum Gasteiger partial charge on any atom is 0.417 e. The number of methoxy groups -OCH3 is 1. The number of hydrogen-bond acceptors (Lipinski definition) is 4. The highest BCUT2D eigenvalue weighted by molar-refractivity contribution is 5.56. The Morgan fingerprint density at radius 1 is 1.15 bits per heavy atom. The highest BCUT2D eigenvalue weighted by Gasteiger charge is 2.30. The van der Waals surface area contributed by atoms with Crippen LogP contribution in [-0.4, -0.2) is 12.1 Å². The number of aromatic nitrogens is 1. The molecule has 2 N–H and O–H groups in total. The molecule has 0 atom stereocenters. The summed E-state index contributed by atoms with van der Waals surface area (Å²) in [6.45, 7) is 0.